The van der Waals surface area contributed by atoms with Crippen molar-refractivity contribution in [3.8, 4) is 45.3 Å². The van der Waals surface area contributed by atoms with Crippen molar-refractivity contribution in [3.63, 3.8) is 0 Å². The minimum atomic E-state index is 0.660. The molecular weight excluding hydrogens is 567 g/mol. The Morgan fingerprint density at radius 1 is 0.356 bits per heavy atom. The van der Waals surface area contributed by atoms with Crippen LogP contribution in [0.1, 0.15) is 0 Å². The zero-order chi connectivity index (χ0) is 29.7. The second-order valence-corrected chi connectivity index (χ2v) is 12.3. The van der Waals surface area contributed by atoms with E-state index in [1.165, 1.54) is 47.5 Å². The van der Waals surface area contributed by atoms with Crippen LogP contribution >= 0.6 is 11.3 Å². The van der Waals surface area contributed by atoms with Gasteiger partial charge < -0.3 is 0 Å². The van der Waals surface area contributed by atoms with E-state index in [0.717, 1.165) is 22.1 Å². The summed E-state index contributed by atoms with van der Waals surface area (Å²) in [5, 5.41) is 7.25. The van der Waals surface area contributed by atoms with Gasteiger partial charge in [0.25, 0.3) is 0 Å². The number of nitrogens with zero attached hydrogens (tertiary/aromatic N) is 3. The van der Waals surface area contributed by atoms with Gasteiger partial charge in [0.05, 0.1) is 0 Å². The summed E-state index contributed by atoms with van der Waals surface area (Å²) in [6, 6.07) is 53.3. The van der Waals surface area contributed by atoms with Crippen LogP contribution in [0.5, 0.6) is 0 Å². The van der Waals surface area contributed by atoms with Gasteiger partial charge in [-0.15, -0.1) is 11.3 Å². The maximum atomic E-state index is 5.15. The molecule has 3 nitrogen and oxygen atoms in total. The quantitative estimate of drug-likeness (QED) is 0.204. The standard InChI is InChI=1S/C41H25N3S/c1-2-12-27(13-3-1)39-42-40(44-41(43-39)35-20-10-22-37-38(35)34-17-6-7-21-36(34)45-37)29-23-24-31-28(25-29)15-9-19-33(31)32-18-8-14-26-11-4-5-16-30(26)32/h1-25H. The number of aromatic nitrogens is 3. The molecule has 4 heteroatoms. The first-order valence-electron chi connectivity index (χ1n) is 15.0. The Hall–Kier alpha value is -5.71. The molecule has 0 saturated carbocycles. The highest BCUT2D eigenvalue weighted by molar-refractivity contribution is 7.25. The Morgan fingerprint density at radius 3 is 1.78 bits per heavy atom. The van der Waals surface area contributed by atoms with Gasteiger partial charge in [-0.1, -0.05) is 133 Å². The summed E-state index contributed by atoms with van der Waals surface area (Å²) < 4.78 is 2.48. The lowest BCUT2D eigenvalue weighted by Gasteiger charge is -2.12. The second kappa shape index (κ2) is 10.5. The molecule has 0 radical (unpaired) electrons. The van der Waals surface area contributed by atoms with Gasteiger partial charge in [0.1, 0.15) is 0 Å². The van der Waals surface area contributed by atoms with Gasteiger partial charge >= 0.3 is 0 Å². The molecule has 2 aromatic heterocycles. The first-order valence-corrected chi connectivity index (χ1v) is 15.9. The van der Waals surface area contributed by atoms with Crippen LogP contribution in [0.4, 0.5) is 0 Å². The molecule has 0 aliphatic heterocycles. The highest BCUT2D eigenvalue weighted by Gasteiger charge is 2.17. The molecule has 45 heavy (non-hydrogen) atoms. The fraction of sp³-hybridized carbons (Fsp3) is 0. The molecule has 2 heterocycles. The predicted octanol–water partition coefficient (Wildman–Crippen LogP) is 11.2. The van der Waals surface area contributed by atoms with Gasteiger partial charge in [-0.3, -0.25) is 0 Å². The predicted molar refractivity (Wildman–Crippen MR) is 189 cm³/mol. The summed E-state index contributed by atoms with van der Waals surface area (Å²) in [5.41, 5.74) is 5.39. The molecule has 0 aliphatic carbocycles. The highest BCUT2D eigenvalue weighted by atomic mass is 32.1. The van der Waals surface area contributed by atoms with Crippen LogP contribution in [0.3, 0.4) is 0 Å². The molecule has 0 saturated heterocycles. The Kier molecular flexibility index (Phi) is 6.00. The second-order valence-electron chi connectivity index (χ2n) is 11.2. The largest absolute Gasteiger partial charge is 0.208 e. The van der Waals surface area contributed by atoms with E-state index in [4.69, 9.17) is 15.0 Å². The van der Waals surface area contributed by atoms with Crippen molar-refractivity contribution in [2.75, 3.05) is 0 Å². The average Bonchev–Trinajstić information content (AvgIpc) is 3.50. The maximum Gasteiger partial charge on any atom is 0.164 e. The molecule has 0 aliphatic rings. The summed E-state index contributed by atoms with van der Waals surface area (Å²) in [6.07, 6.45) is 0. The van der Waals surface area contributed by atoms with E-state index in [-0.39, 0.29) is 0 Å². The van der Waals surface area contributed by atoms with Crippen LogP contribution < -0.4 is 0 Å². The fourth-order valence-electron chi connectivity index (χ4n) is 6.42. The fourth-order valence-corrected chi connectivity index (χ4v) is 7.55. The van der Waals surface area contributed by atoms with Gasteiger partial charge in [-0.25, -0.2) is 15.0 Å². The first kappa shape index (κ1) is 25.8. The van der Waals surface area contributed by atoms with Crippen LogP contribution in [-0.4, -0.2) is 15.0 Å². The smallest absolute Gasteiger partial charge is 0.164 e. The summed E-state index contributed by atoms with van der Waals surface area (Å²) in [4.78, 5) is 15.2. The number of thiophene rings is 1. The van der Waals surface area contributed by atoms with E-state index in [1.807, 2.05) is 18.2 Å². The van der Waals surface area contributed by atoms with Crippen molar-refractivity contribution in [3.05, 3.63) is 152 Å². The maximum absolute atomic E-state index is 5.15. The lowest BCUT2D eigenvalue weighted by atomic mass is 9.93. The van der Waals surface area contributed by atoms with Crippen molar-refractivity contribution >= 4 is 53.1 Å². The molecule has 0 spiro atoms. The summed E-state index contributed by atoms with van der Waals surface area (Å²) in [7, 11) is 0. The Balaban J connectivity index is 1.25. The van der Waals surface area contributed by atoms with Crippen molar-refractivity contribution in [2.45, 2.75) is 0 Å². The normalized spacial score (nSPS) is 11.6. The van der Waals surface area contributed by atoms with Gasteiger partial charge in [-0.05, 0) is 50.9 Å². The summed E-state index contributed by atoms with van der Waals surface area (Å²) in [6.45, 7) is 0. The van der Waals surface area contributed by atoms with Crippen LogP contribution in [0.15, 0.2) is 152 Å². The molecule has 9 rings (SSSR count). The SMILES string of the molecule is c1ccc(-c2nc(-c3ccc4c(-c5cccc6ccccc56)cccc4c3)nc(-c3cccc4sc5ccccc5c34)n2)cc1. The number of fused-ring (bicyclic) bond motifs is 5. The van der Waals surface area contributed by atoms with E-state index in [2.05, 4.69) is 133 Å². The van der Waals surface area contributed by atoms with Crippen molar-refractivity contribution < 1.29 is 0 Å². The molecule has 0 bridgehead atoms. The first-order chi connectivity index (χ1) is 22.3. The molecule has 210 valence electrons. The lowest BCUT2D eigenvalue weighted by molar-refractivity contribution is 1.08. The van der Waals surface area contributed by atoms with Crippen LogP contribution in [0.25, 0.3) is 87.0 Å². The molecule has 0 amide bonds. The molecule has 0 atom stereocenters. The number of hydrogen-bond acceptors (Lipinski definition) is 4. The minimum absolute atomic E-state index is 0.660. The molecule has 9 aromatic rings. The number of benzene rings is 7. The molecule has 0 N–H and O–H groups in total. The zero-order valence-corrected chi connectivity index (χ0v) is 25.0. The third-order valence-electron chi connectivity index (χ3n) is 8.53. The summed E-state index contributed by atoms with van der Waals surface area (Å²) >= 11 is 1.80. The third kappa shape index (κ3) is 4.38. The monoisotopic (exact) mass is 591 g/mol. The number of rotatable bonds is 4. The third-order valence-corrected chi connectivity index (χ3v) is 9.67. The Labute approximate surface area is 264 Å². The van der Waals surface area contributed by atoms with Crippen molar-refractivity contribution in [1.82, 2.24) is 15.0 Å². The molecule has 0 fully saturated rings. The van der Waals surface area contributed by atoms with Gasteiger partial charge in [0.2, 0.25) is 0 Å². The van der Waals surface area contributed by atoms with Gasteiger partial charge in [-0.2, -0.15) is 0 Å². The lowest BCUT2D eigenvalue weighted by Crippen LogP contribution is -2.00. The minimum Gasteiger partial charge on any atom is -0.208 e. The van der Waals surface area contributed by atoms with Gasteiger partial charge in [0, 0.05) is 36.9 Å². The summed E-state index contributed by atoms with van der Waals surface area (Å²) in [5.74, 6) is 2.00. The molecule has 0 unspecified atom stereocenters. The zero-order valence-electron chi connectivity index (χ0n) is 24.2. The average molecular weight is 592 g/mol. The Morgan fingerprint density at radius 2 is 0.933 bits per heavy atom. The van der Waals surface area contributed by atoms with E-state index in [0.29, 0.717) is 17.5 Å². The van der Waals surface area contributed by atoms with E-state index < -0.39 is 0 Å². The van der Waals surface area contributed by atoms with E-state index in [9.17, 15) is 0 Å². The van der Waals surface area contributed by atoms with Gasteiger partial charge in [0.15, 0.2) is 17.5 Å². The topological polar surface area (TPSA) is 38.7 Å². The molecule has 7 aromatic carbocycles. The van der Waals surface area contributed by atoms with Crippen LogP contribution in [0.2, 0.25) is 0 Å². The van der Waals surface area contributed by atoms with Crippen LogP contribution in [0, 0.1) is 0 Å². The van der Waals surface area contributed by atoms with Crippen LogP contribution in [-0.2, 0) is 0 Å². The van der Waals surface area contributed by atoms with Crippen molar-refractivity contribution in [1.29, 1.82) is 0 Å². The number of hydrogen-bond donors (Lipinski definition) is 0. The highest BCUT2D eigenvalue weighted by Crippen LogP contribution is 2.40. The van der Waals surface area contributed by atoms with Crippen molar-refractivity contribution in [2.24, 2.45) is 0 Å². The Bertz CT molecular complexity index is 2540. The molecular formula is C41H25N3S. The van der Waals surface area contributed by atoms with E-state index >= 15 is 0 Å². The van der Waals surface area contributed by atoms with E-state index in [1.54, 1.807) is 11.3 Å².